The SMILES string of the molecule is CCc1ccc([C@H](CC(F)F)N2CCNCC2)cc1. The van der Waals surface area contributed by atoms with Crippen molar-refractivity contribution in [1.29, 1.82) is 0 Å². The second-order valence-corrected chi connectivity index (χ2v) is 5.02. The number of aryl methyl sites for hydroxylation is 1. The summed E-state index contributed by atoms with van der Waals surface area (Å²) in [6.07, 6.45) is -1.36. The number of hydrogen-bond donors (Lipinski definition) is 1. The number of alkyl halides is 2. The van der Waals surface area contributed by atoms with Gasteiger partial charge in [0.2, 0.25) is 6.43 Å². The normalized spacial score (nSPS) is 18.7. The minimum atomic E-state index is -2.26. The van der Waals surface area contributed by atoms with Crippen LogP contribution < -0.4 is 5.32 Å². The number of halogens is 2. The number of nitrogens with zero attached hydrogens (tertiary/aromatic N) is 1. The van der Waals surface area contributed by atoms with E-state index in [9.17, 15) is 8.78 Å². The molecule has 1 saturated heterocycles. The zero-order valence-electron chi connectivity index (χ0n) is 11.4. The highest BCUT2D eigenvalue weighted by atomic mass is 19.3. The Hall–Kier alpha value is -1.00. The fourth-order valence-corrected chi connectivity index (χ4v) is 2.63. The second kappa shape index (κ2) is 6.96. The topological polar surface area (TPSA) is 15.3 Å². The lowest BCUT2D eigenvalue weighted by Gasteiger charge is -2.35. The molecule has 0 unspecified atom stereocenters. The van der Waals surface area contributed by atoms with Gasteiger partial charge in [0.15, 0.2) is 0 Å². The Bertz CT molecular complexity index is 372. The predicted molar refractivity (Wildman–Crippen MR) is 73.6 cm³/mol. The zero-order valence-corrected chi connectivity index (χ0v) is 11.4. The third-order valence-corrected chi connectivity index (χ3v) is 3.77. The number of piperazine rings is 1. The molecule has 0 spiro atoms. The third kappa shape index (κ3) is 3.98. The Kier molecular flexibility index (Phi) is 5.28. The van der Waals surface area contributed by atoms with Crippen LogP contribution in [-0.4, -0.2) is 37.5 Å². The highest BCUT2D eigenvalue weighted by Gasteiger charge is 2.25. The number of benzene rings is 1. The second-order valence-electron chi connectivity index (χ2n) is 5.02. The Balaban J connectivity index is 2.14. The summed E-state index contributed by atoms with van der Waals surface area (Å²) >= 11 is 0. The lowest BCUT2D eigenvalue weighted by Crippen LogP contribution is -2.45. The largest absolute Gasteiger partial charge is 0.314 e. The number of rotatable bonds is 5. The summed E-state index contributed by atoms with van der Waals surface area (Å²) in [5.41, 5.74) is 2.26. The van der Waals surface area contributed by atoms with Crippen LogP contribution in [0.15, 0.2) is 24.3 Å². The van der Waals surface area contributed by atoms with Gasteiger partial charge in [-0.25, -0.2) is 8.78 Å². The van der Waals surface area contributed by atoms with Gasteiger partial charge in [0.25, 0.3) is 0 Å². The summed E-state index contributed by atoms with van der Waals surface area (Å²) < 4.78 is 25.7. The molecular weight excluding hydrogens is 246 g/mol. The van der Waals surface area contributed by atoms with Crippen molar-refractivity contribution >= 4 is 0 Å². The maximum absolute atomic E-state index is 12.8. The number of nitrogens with one attached hydrogen (secondary N) is 1. The van der Waals surface area contributed by atoms with Gasteiger partial charge in [-0.2, -0.15) is 0 Å². The molecule has 2 nitrogen and oxygen atoms in total. The molecule has 106 valence electrons. The van der Waals surface area contributed by atoms with Gasteiger partial charge in [-0.3, -0.25) is 4.90 Å². The van der Waals surface area contributed by atoms with Crippen molar-refractivity contribution in [3.05, 3.63) is 35.4 Å². The molecule has 0 aromatic heterocycles. The van der Waals surface area contributed by atoms with Gasteiger partial charge in [-0.1, -0.05) is 31.2 Å². The van der Waals surface area contributed by atoms with E-state index in [1.54, 1.807) is 0 Å². The van der Waals surface area contributed by atoms with Crippen LogP contribution in [0.4, 0.5) is 8.78 Å². The Morgan fingerprint density at radius 1 is 1.16 bits per heavy atom. The molecule has 19 heavy (non-hydrogen) atoms. The van der Waals surface area contributed by atoms with Crippen molar-refractivity contribution in [2.75, 3.05) is 26.2 Å². The van der Waals surface area contributed by atoms with Crippen LogP contribution in [0.25, 0.3) is 0 Å². The lowest BCUT2D eigenvalue weighted by molar-refractivity contribution is 0.0739. The van der Waals surface area contributed by atoms with Gasteiger partial charge >= 0.3 is 0 Å². The summed E-state index contributed by atoms with van der Waals surface area (Å²) in [6, 6.07) is 7.96. The van der Waals surface area contributed by atoms with Crippen LogP contribution in [0.2, 0.25) is 0 Å². The first-order valence-corrected chi connectivity index (χ1v) is 7.02. The summed E-state index contributed by atoms with van der Waals surface area (Å²) in [6.45, 7) is 5.54. The molecule has 1 aromatic carbocycles. The van der Waals surface area contributed by atoms with E-state index in [0.29, 0.717) is 0 Å². The minimum absolute atomic E-state index is 0.0779. The van der Waals surface area contributed by atoms with Crippen molar-refractivity contribution in [2.24, 2.45) is 0 Å². The molecule has 1 aliphatic heterocycles. The molecule has 1 atom stereocenters. The van der Waals surface area contributed by atoms with E-state index in [2.05, 4.69) is 29.3 Å². The average molecular weight is 268 g/mol. The van der Waals surface area contributed by atoms with Gasteiger partial charge in [0.05, 0.1) is 0 Å². The summed E-state index contributed by atoms with van der Waals surface area (Å²) in [7, 11) is 0. The number of hydrogen-bond acceptors (Lipinski definition) is 2. The van der Waals surface area contributed by atoms with Crippen molar-refractivity contribution in [3.63, 3.8) is 0 Å². The molecule has 1 N–H and O–H groups in total. The van der Waals surface area contributed by atoms with Crippen LogP contribution >= 0.6 is 0 Å². The first-order valence-electron chi connectivity index (χ1n) is 7.02. The first kappa shape index (κ1) is 14.4. The Morgan fingerprint density at radius 3 is 2.32 bits per heavy atom. The van der Waals surface area contributed by atoms with Crippen LogP contribution in [0.1, 0.15) is 30.5 Å². The van der Waals surface area contributed by atoms with Crippen LogP contribution in [-0.2, 0) is 6.42 Å². The Labute approximate surface area is 113 Å². The van der Waals surface area contributed by atoms with Crippen molar-refractivity contribution < 1.29 is 8.78 Å². The van der Waals surface area contributed by atoms with E-state index in [4.69, 9.17) is 0 Å². The fraction of sp³-hybridized carbons (Fsp3) is 0.600. The molecule has 1 aliphatic rings. The van der Waals surface area contributed by atoms with E-state index >= 15 is 0 Å². The monoisotopic (exact) mass is 268 g/mol. The quantitative estimate of drug-likeness (QED) is 0.883. The molecule has 1 heterocycles. The molecule has 0 amide bonds. The van der Waals surface area contributed by atoms with Gasteiger partial charge in [0, 0.05) is 38.6 Å². The zero-order chi connectivity index (χ0) is 13.7. The predicted octanol–water partition coefficient (Wildman–Crippen LogP) is 2.85. The van der Waals surface area contributed by atoms with E-state index in [1.165, 1.54) is 5.56 Å². The van der Waals surface area contributed by atoms with Crippen LogP contribution in [0.5, 0.6) is 0 Å². The minimum Gasteiger partial charge on any atom is -0.314 e. The van der Waals surface area contributed by atoms with E-state index < -0.39 is 6.43 Å². The molecule has 1 fully saturated rings. The van der Waals surface area contributed by atoms with Crippen LogP contribution in [0.3, 0.4) is 0 Å². The van der Waals surface area contributed by atoms with Gasteiger partial charge in [0.1, 0.15) is 0 Å². The van der Waals surface area contributed by atoms with Gasteiger partial charge < -0.3 is 5.32 Å². The average Bonchev–Trinajstić information content (AvgIpc) is 2.46. The molecule has 2 rings (SSSR count). The smallest absolute Gasteiger partial charge is 0.240 e. The maximum atomic E-state index is 12.8. The first-order chi connectivity index (χ1) is 9.20. The highest BCUT2D eigenvalue weighted by Crippen LogP contribution is 2.27. The van der Waals surface area contributed by atoms with Gasteiger partial charge in [-0.15, -0.1) is 0 Å². The van der Waals surface area contributed by atoms with E-state index in [-0.39, 0.29) is 12.5 Å². The van der Waals surface area contributed by atoms with E-state index in [0.717, 1.165) is 38.2 Å². The third-order valence-electron chi connectivity index (χ3n) is 3.77. The van der Waals surface area contributed by atoms with Crippen LogP contribution in [0, 0.1) is 0 Å². The molecular formula is C15H22F2N2. The fourth-order valence-electron chi connectivity index (χ4n) is 2.63. The molecule has 1 aromatic rings. The van der Waals surface area contributed by atoms with Crippen molar-refractivity contribution in [3.8, 4) is 0 Å². The summed E-state index contributed by atoms with van der Waals surface area (Å²) in [4.78, 5) is 2.17. The Morgan fingerprint density at radius 2 is 1.79 bits per heavy atom. The lowest BCUT2D eigenvalue weighted by atomic mass is 9.99. The van der Waals surface area contributed by atoms with Crippen molar-refractivity contribution in [2.45, 2.75) is 32.2 Å². The highest BCUT2D eigenvalue weighted by molar-refractivity contribution is 5.25. The molecule has 4 heteroatoms. The molecule has 0 saturated carbocycles. The van der Waals surface area contributed by atoms with Crippen molar-refractivity contribution in [1.82, 2.24) is 10.2 Å². The summed E-state index contributed by atoms with van der Waals surface area (Å²) in [5, 5.41) is 3.26. The van der Waals surface area contributed by atoms with Gasteiger partial charge in [-0.05, 0) is 17.5 Å². The molecule has 0 radical (unpaired) electrons. The summed E-state index contributed by atoms with van der Waals surface area (Å²) in [5.74, 6) is 0. The molecule has 0 bridgehead atoms. The standard InChI is InChI=1S/C15H22F2N2/c1-2-12-3-5-13(6-4-12)14(11-15(16)17)19-9-7-18-8-10-19/h3-6,14-15,18H,2,7-11H2,1H3/t14-/m0/s1. The van der Waals surface area contributed by atoms with E-state index in [1.807, 2.05) is 12.1 Å². The maximum Gasteiger partial charge on any atom is 0.240 e. The molecule has 0 aliphatic carbocycles.